The highest BCUT2D eigenvalue weighted by Crippen LogP contribution is 2.61. The number of nitrogens with one attached hydrogen (secondary N) is 1. The molecule has 0 unspecified atom stereocenters. The normalized spacial score (nSPS) is 21.4. The monoisotopic (exact) mass is 556 g/mol. The Morgan fingerprint density at radius 3 is 1.76 bits per heavy atom. The second-order valence-corrected chi connectivity index (χ2v) is 11.3. The predicted molar refractivity (Wildman–Crippen MR) is 157 cm³/mol. The number of hydrogen-bond donors (Lipinski definition) is 1. The predicted octanol–water partition coefficient (Wildman–Crippen LogP) is 5.50. The van der Waals surface area contributed by atoms with E-state index in [4.69, 9.17) is 4.74 Å². The summed E-state index contributed by atoms with van der Waals surface area (Å²) >= 11 is 0. The van der Waals surface area contributed by atoms with E-state index in [1.54, 1.807) is 12.1 Å². The van der Waals surface area contributed by atoms with Crippen LogP contribution in [0.1, 0.15) is 55.6 Å². The Morgan fingerprint density at radius 2 is 1.26 bits per heavy atom. The van der Waals surface area contributed by atoms with Crippen molar-refractivity contribution in [2.24, 2.45) is 11.8 Å². The minimum atomic E-state index is -0.672. The molecule has 1 heterocycles. The van der Waals surface area contributed by atoms with Gasteiger partial charge in [-0.15, -0.1) is 0 Å². The number of nitrogens with zero attached hydrogens (tertiary/aromatic N) is 1. The summed E-state index contributed by atoms with van der Waals surface area (Å²) in [5.41, 5.74) is 7.75. The number of carbonyl (C=O) groups is 4. The SMILES string of the molecule is Cc1ccc(NC(=O)COC(=O)c2ccc(N3C(=O)[C@H]4C5c6ccccc6C(c6ccccc65)[C@@H]4C3=O)cc2)c(C)c1. The minimum Gasteiger partial charge on any atom is -0.452 e. The van der Waals surface area contributed by atoms with E-state index in [-0.39, 0.29) is 29.2 Å². The molecule has 0 radical (unpaired) electrons. The molecular formula is C35H28N2O5. The number of benzene rings is 4. The minimum absolute atomic E-state index is 0.182. The Morgan fingerprint density at radius 1 is 0.738 bits per heavy atom. The van der Waals surface area contributed by atoms with Gasteiger partial charge in [-0.1, -0.05) is 66.2 Å². The standard InChI is InChI=1S/C35H28N2O5/c1-19-11-16-27(20(2)17-19)36-28(38)18-42-35(41)21-12-14-22(15-13-21)37-33(39)31-29-23-7-3-4-8-24(23)30(32(31)34(37)40)26-10-6-5-9-25(26)29/h3-17,29-32H,18H2,1-2H3,(H,36,38)/t29?,30?,31-,32-/m0/s1. The molecule has 0 spiro atoms. The Kier molecular flexibility index (Phi) is 6.04. The third-order valence-electron chi connectivity index (χ3n) is 8.80. The molecule has 8 rings (SSSR count). The lowest BCUT2D eigenvalue weighted by Gasteiger charge is -2.45. The van der Waals surface area contributed by atoms with Gasteiger partial charge in [-0.3, -0.25) is 14.4 Å². The fourth-order valence-corrected chi connectivity index (χ4v) is 7.03. The van der Waals surface area contributed by atoms with E-state index in [9.17, 15) is 19.2 Å². The Bertz CT molecular complexity index is 1680. The smallest absolute Gasteiger partial charge is 0.338 e. The average Bonchev–Trinajstić information content (AvgIpc) is 3.27. The fourth-order valence-electron chi connectivity index (χ4n) is 7.03. The zero-order chi connectivity index (χ0) is 29.1. The van der Waals surface area contributed by atoms with Crippen LogP contribution in [0.5, 0.6) is 0 Å². The van der Waals surface area contributed by atoms with Gasteiger partial charge in [0, 0.05) is 17.5 Å². The first-order valence-electron chi connectivity index (χ1n) is 14.0. The molecule has 4 aliphatic rings. The number of anilines is 2. The number of hydrogen-bond acceptors (Lipinski definition) is 5. The summed E-state index contributed by atoms with van der Waals surface area (Å²) in [6, 6.07) is 28.1. The number of imide groups is 1. The summed E-state index contributed by atoms with van der Waals surface area (Å²) < 4.78 is 5.22. The molecule has 42 heavy (non-hydrogen) atoms. The maximum atomic E-state index is 13.9. The maximum absolute atomic E-state index is 13.9. The van der Waals surface area contributed by atoms with Crippen LogP contribution in [0.15, 0.2) is 91.0 Å². The molecule has 7 nitrogen and oxygen atoms in total. The Labute approximate surface area is 243 Å². The topological polar surface area (TPSA) is 92.8 Å². The maximum Gasteiger partial charge on any atom is 0.338 e. The molecule has 1 fully saturated rings. The molecule has 0 saturated carbocycles. The molecule has 4 aromatic carbocycles. The molecule has 1 aliphatic heterocycles. The molecular weight excluding hydrogens is 528 g/mol. The van der Waals surface area contributed by atoms with Crippen molar-refractivity contribution in [3.8, 4) is 0 Å². The lowest BCUT2D eigenvalue weighted by atomic mass is 9.55. The van der Waals surface area contributed by atoms with Crippen LogP contribution < -0.4 is 10.2 Å². The Hall–Kier alpha value is -5.04. The summed E-state index contributed by atoms with van der Waals surface area (Å²) in [7, 11) is 0. The fraction of sp³-hybridized carbons (Fsp3) is 0.200. The van der Waals surface area contributed by atoms with Crippen molar-refractivity contribution in [1.82, 2.24) is 0 Å². The number of ether oxygens (including phenoxy) is 1. The quantitative estimate of drug-likeness (QED) is 0.259. The third kappa shape index (κ3) is 3.96. The van der Waals surface area contributed by atoms with Crippen molar-refractivity contribution in [2.45, 2.75) is 25.7 Å². The van der Waals surface area contributed by atoms with Crippen LogP contribution in [-0.4, -0.2) is 30.3 Å². The van der Waals surface area contributed by atoms with E-state index < -0.39 is 30.3 Å². The van der Waals surface area contributed by atoms with E-state index in [1.165, 1.54) is 17.0 Å². The van der Waals surface area contributed by atoms with Gasteiger partial charge in [0.05, 0.1) is 23.1 Å². The summed E-state index contributed by atoms with van der Waals surface area (Å²) in [5, 5.41) is 2.75. The third-order valence-corrected chi connectivity index (χ3v) is 8.80. The van der Waals surface area contributed by atoms with Gasteiger partial charge in [0.2, 0.25) is 11.8 Å². The number of rotatable bonds is 5. The zero-order valence-electron chi connectivity index (χ0n) is 23.2. The average molecular weight is 557 g/mol. The summed E-state index contributed by atoms with van der Waals surface area (Å²) in [5.74, 6) is -2.88. The van der Waals surface area contributed by atoms with Crippen molar-refractivity contribution < 1.29 is 23.9 Å². The van der Waals surface area contributed by atoms with Crippen LogP contribution in [0.4, 0.5) is 11.4 Å². The molecule has 7 heteroatoms. The number of esters is 1. The second kappa shape index (κ2) is 9.80. The van der Waals surface area contributed by atoms with Crippen LogP contribution in [0.2, 0.25) is 0 Å². The van der Waals surface area contributed by atoms with Crippen molar-refractivity contribution >= 4 is 35.1 Å². The number of carbonyl (C=O) groups excluding carboxylic acids is 4. The zero-order valence-corrected chi connectivity index (χ0v) is 23.2. The van der Waals surface area contributed by atoms with E-state index in [1.807, 2.05) is 56.3 Å². The van der Waals surface area contributed by atoms with Gasteiger partial charge in [0.15, 0.2) is 6.61 Å². The largest absolute Gasteiger partial charge is 0.452 e. The van der Waals surface area contributed by atoms with E-state index in [0.29, 0.717) is 11.4 Å². The van der Waals surface area contributed by atoms with Gasteiger partial charge in [-0.25, -0.2) is 9.69 Å². The molecule has 1 saturated heterocycles. The second-order valence-electron chi connectivity index (χ2n) is 11.3. The van der Waals surface area contributed by atoms with Crippen LogP contribution in [0.3, 0.4) is 0 Å². The number of aryl methyl sites for hydroxylation is 2. The first kappa shape index (κ1) is 25.9. The lowest BCUT2D eigenvalue weighted by Crippen LogP contribution is -2.41. The van der Waals surface area contributed by atoms with Crippen LogP contribution >= 0.6 is 0 Å². The van der Waals surface area contributed by atoms with Crippen molar-refractivity contribution in [2.75, 3.05) is 16.8 Å². The molecule has 1 N–H and O–H groups in total. The van der Waals surface area contributed by atoms with Gasteiger partial charge in [-0.2, -0.15) is 0 Å². The van der Waals surface area contributed by atoms with Gasteiger partial charge < -0.3 is 10.1 Å². The molecule has 4 aromatic rings. The van der Waals surface area contributed by atoms with Gasteiger partial charge in [0.1, 0.15) is 0 Å². The lowest BCUT2D eigenvalue weighted by molar-refractivity contribution is -0.122. The van der Waals surface area contributed by atoms with Crippen LogP contribution in [-0.2, 0) is 19.1 Å². The molecule has 0 aromatic heterocycles. The van der Waals surface area contributed by atoms with Crippen LogP contribution in [0.25, 0.3) is 0 Å². The van der Waals surface area contributed by atoms with E-state index in [2.05, 4.69) is 29.6 Å². The summed E-state index contributed by atoms with van der Waals surface area (Å²) in [4.78, 5) is 54.1. The van der Waals surface area contributed by atoms with Gasteiger partial charge in [0.25, 0.3) is 5.91 Å². The highest BCUT2D eigenvalue weighted by Gasteiger charge is 2.61. The summed E-state index contributed by atoms with van der Waals surface area (Å²) in [6.45, 7) is 3.42. The van der Waals surface area contributed by atoms with Crippen molar-refractivity contribution in [3.05, 3.63) is 130 Å². The summed E-state index contributed by atoms with van der Waals surface area (Å²) in [6.07, 6.45) is 0. The first-order chi connectivity index (χ1) is 20.3. The molecule has 2 atom stereocenters. The highest BCUT2D eigenvalue weighted by atomic mass is 16.5. The molecule has 3 aliphatic carbocycles. The van der Waals surface area contributed by atoms with E-state index >= 15 is 0 Å². The molecule has 3 amide bonds. The number of amides is 3. The van der Waals surface area contributed by atoms with Crippen molar-refractivity contribution in [3.63, 3.8) is 0 Å². The molecule has 208 valence electrons. The van der Waals surface area contributed by atoms with Crippen molar-refractivity contribution in [1.29, 1.82) is 0 Å². The van der Waals surface area contributed by atoms with Gasteiger partial charge in [-0.05, 0) is 72.0 Å². The van der Waals surface area contributed by atoms with Gasteiger partial charge >= 0.3 is 5.97 Å². The van der Waals surface area contributed by atoms with Crippen LogP contribution in [0, 0.1) is 25.7 Å². The highest BCUT2D eigenvalue weighted by molar-refractivity contribution is 6.23. The Balaban J connectivity index is 1.08. The molecule has 2 bridgehead atoms. The van der Waals surface area contributed by atoms with E-state index in [0.717, 1.165) is 33.4 Å². The first-order valence-corrected chi connectivity index (χ1v) is 14.0.